The molecular weight excluding hydrogens is 692 g/mol. The van der Waals surface area contributed by atoms with Gasteiger partial charge in [-0.1, -0.05) is 0 Å². The number of hydrogen-bond donors (Lipinski definition) is 0. The van der Waals surface area contributed by atoms with Gasteiger partial charge in [0.05, 0.1) is 0 Å². The van der Waals surface area contributed by atoms with Gasteiger partial charge >= 0.3 is 30.0 Å². The number of aromatic nitrogens is 16. The Balaban J connectivity index is 1.63. The molecule has 0 saturated heterocycles. The first-order chi connectivity index (χ1) is 23.7. The van der Waals surface area contributed by atoms with Crippen LogP contribution in [0.3, 0.4) is 0 Å². The third-order valence-electron chi connectivity index (χ3n) is 7.08. The molecule has 24 heteroatoms. The monoisotopic (exact) mass is 716 g/mol. The van der Waals surface area contributed by atoms with E-state index in [4.69, 9.17) is 58.9 Å². The van der Waals surface area contributed by atoms with Gasteiger partial charge < -0.3 is 0 Å². The fourth-order valence-corrected chi connectivity index (χ4v) is 21.7. The Morgan fingerprint density at radius 1 is 0.229 bits per heavy atom. The van der Waals surface area contributed by atoms with E-state index in [2.05, 4.69) is 0 Å². The lowest BCUT2D eigenvalue weighted by Crippen LogP contribution is -2.17. The van der Waals surface area contributed by atoms with E-state index in [-0.39, 0.29) is 0 Å². The van der Waals surface area contributed by atoms with Crippen molar-refractivity contribution < 1.29 is 0 Å². The maximum Gasteiger partial charge on any atom is 0.313 e. The molecule has 0 aliphatic carbocycles. The highest BCUT2D eigenvalue weighted by molar-refractivity contribution is 7.84. The van der Waals surface area contributed by atoms with Gasteiger partial charge in [-0.25, -0.2) is 0 Å². The average Bonchev–Trinajstić information content (AvgIpc) is 3.97. The first kappa shape index (κ1) is 28.8. The van der Waals surface area contributed by atoms with Gasteiger partial charge in [-0.05, 0) is 48.5 Å². The van der Waals surface area contributed by atoms with Gasteiger partial charge in [0, 0.05) is 99.1 Å². The van der Waals surface area contributed by atoms with Crippen LogP contribution in [0.5, 0.6) is 0 Å². The van der Waals surface area contributed by atoms with Crippen LogP contribution < -0.4 is 0 Å². The van der Waals surface area contributed by atoms with Crippen LogP contribution >= 0.6 is 30.0 Å². The molecule has 0 N–H and O–H groups in total. The molecule has 0 spiro atoms. The van der Waals surface area contributed by atoms with Gasteiger partial charge in [0.1, 0.15) is 0 Å². The molecule has 0 fully saturated rings. The third kappa shape index (κ3) is 4.24. The molecule has 0 radical (unpaired) electrons. The molecule has 0 atom stereocenters. The van der Waals surface area contributed by atoms with Gasteiger partial charge in [-0.3, -0.25) is 0 Å². The van der Waals surface area contributed by atoms with E-state index >= 15 is 0 Å². The first-order valence-corrected chi connectivity index (χ1v) is 20.7. The van der Waals surface area contributed by atoms with Gasteiger partial charge in [-0.2, -0.15) is 94.5 Å². The topological polar surface area (TPSA) is 192 Å². The summed E-state index contributed by atoms with van der Waals surface area (Å²) >= 11 is 0. The predicted octanol–water partition coefficient (Wildman–Crippen LogP) is 5.74. The highest BCUT2D eigenvalue weighted by Gasteiger charge is 2.46. The molecule has 9 rings (SSSR count). The van der Waals surface area contributed by atoms with Crippen molar-refractivity contribution in [2.75, 3.05) is 0 Å². The summed E-state index contributed by atoms with van der Waals surface area (Å²) in [4.78, 5) is 0. The van der Waals surface area contributed by atoms with Crippen LogP contribution in [-0.2, 0) is 0 Å². The fraction of sp³-hybridized carbons (Fsp3) is 0. The normalized spacial score (nSPS) is 17.7. The SMILES string of the molecule is c1cnn(P2(n3cccn3)=NP(n3cccn3)(n3cccn3)=NP(n3cccn3)(n3cccn3)=NP(n3cccn3)(n3cccn3)=N2)c1. The summed E-state index contributed by atoms with van der Waals surface area (Å²) in [7, 11) is -14.4. The zero-order chi connectivity index (χ0) is 32.1. The van der Waals surface area contributed by atoms with Crippen molar-refractivity contribution in [3.63, 3.8) is 0 Å². The Morgan fingerprint density at radius 2 is 0.375 bits per heavy atom. The number of nitrogens with zero attached hydrogens (tertiary/aromatic N) is 20. The lowest BCUT2D eigenvalue weighted by atomic mass is 10.8. The van der Waals surface area contributed by atoms with Crippen LogP contribution in [0.4, 0.5) is 0 Å². The summed E-state index contributed by atoms with van der Waals surface area (Å²) in [5.41, 5.74) is 0. The molecule has 8 aromatic rings. The molecule has 0 unspecified atom stereocenters. The lowest BCUT2D eigenvalue weighted by molar-refractivity contribution is 0.849. The fourth-order valence-electron chi connectivity index (χ4n) is 5.10. The van der Waals surface area contributed by atoms with Crippen molar-refractivity contribution in [2.45, 2.75) is 0 Å². The Kier molecular flexibility index (Phi) is 6.66. The minimum absolute atomic E-state index is 1.68. The molecule has 0 amide bonds. The number of hydrogen-bond acceptors (Lipinski definition) is 12. The second kappa shape index (κ2) is 11.1. The van der Waals surface area contributed by atoms with Crippen LogP contribution in [0.15, 0.2) is 166 Å². The molecule has 1 aliphatic heterocycles. The molecule has 0 bridgehead atoms. The van der Waals surface area contributed by atoms with E-state index in [0.29, 0.717) is 0 Å². The number of rotatable bonds is 8. The van der Waals surface area contributed by atoms with Crippen molar-refractivity contribution in [3.05, 3.63) is 148 Å². The average molecular weight is 716 g/mol. The van der Waals surface area contributed by atoms with Crippen molar-refractivity contribution in [1.29, 1.82) is 0 Å². The van der Waals surface area contributed by atoms with E-state index in [1.807, 2.05) is 98.1 Å². The van der Waals surface area contributed by atoms with Crippen LogP contribution in [0.1, 0.15) is 0 Å². The van der Waals surface area contributed by atoms with Crippen molar-refractivity contribution >= 4 is 30.0 Å². The minimum Gasteiger partial charge on any atom is -0.199 e. The maximum absolute atomic E-state index is 5.82. The first-order valence-electron chi connectivity index (χ1n) is 14.3. The maximum atomic E-state index is 5.82. The molecule has 0 saturated carbocycles. The van der Waals surface area contributed by atoms with Crippen LogP contribution in [0.25, 0.3) is 0 Å². The second-order valence-corrected chi connectivity index (χ2v) is 20.3. The highest BCUT2D eigenvalue weighted by atomic mass is 31.3. The van der Waals surface area contributed by atoms with Crippen LogP contribution in [0, 0.1) is 0 Å². The lowest BCUT2D eigenvalue weighted by Gasteiger charge is -2.35. The van der Waals surface area contributed by atoms with Crippen molar-refractivity contribution in [1.82, 2.24) is 76.4 Å². The van der Waals surface area contributed by atoms with Gasteiger partial charge in [0.15, 0.2) is 0 Å². The van der Waals surface area contributed by atoms with Crippen LogP contribution in [-0.4, -0.2) is 76.4 Å². The summed E-state index contributed by atoms with van der Waals surface area (Å²) in [5.74, 6) is 0. The summed E-state index contributed by atoms with van der Waals surface area (Å²) < 4.78 is 37.1. The molecule has 9 heterocycles. The van der Waals surface area contributed by atoms with Gasteiger partial charge in [0.2, 0.25) is 0 Å². The van der Waals surface area contributed by atoms with E-state index < -0.39 is 30.0 Å². The minimum atomic E-state index is -3.60. The van der Waals surface area contributed by atoms with Crippen molar-refractivity contribution in [3.8, 4) is 0 Å². The van der Waals surface area contributed by atoms with Gasteiger partial charge in [-0.15, -0.1) is 0 Å². The Labute approximate surface area is 271 Å². The molecule has 1 aliphatic rings. The largest absolute Gasteiger partial charge is 0.313 e. The smallest absolute Gasteiger partial charge is 0.199 e. The summed E-state index contributed by atoms with van der Waals surface area (Å²) in [6, 6.07) is 14.5. The quantitative estimate of drug-likeness (QED) is 0.178. The zero-order valence-corrected chi connectivity index (χ0v) is 28.2. The standard InChI is InChI=1S/C24H24N20P4/c1-9-25-37(17-1)45(38-18-2-10-26-38)33-46(39-19-3-11-27-39,40-20-4-12-28-40)35-48(43-23-7-15-31-43,44-24-8-16-32-44)36-47(34-45,41-21-5-13-29-41)42-22-6-14-30-42/h1-24H. The van der Waals surface area contributed by atoms with Crippen LogP contribution in [0.2, 0.25) is 0 Å². The molecular formula is C24H24N20P4. The molecule has 20 nitrogen and oxygen atoms in total. The predicted molar refractivity (Wildman–Crippen MR) is 178 cm³/mol. The molecule has 240 valence electrons. The van der Waals surface area contributed by atoms with E-state index in [0.717, 1.165) is 0 Å². The highest BCUT2D eigenvalue weighted by Crippen LogP contribution is 2.79. The molecule has 8 aromatic heterocycles. The molecule has 48 heavy (non-hydrogen) atoms. The van der Waals surface area contributed by atoms with E-state index in [1.165, 1.54) is 0 Å². The summed E-state index contributed by atoms with van der Waals surface area (Å²) in [6.07, 6.45) is 27.9. The van der Waals surface area contributed by atoms with Gasteiger partial charge in [0.25, 0.3) is 0 Å². The summed E-state index contributed by atoms with van der Waals surface area (Å²) in [5, 5.41) is 38.1. The Morgan fingerprint density at radius 3 is 0.479 bits per heavy atom. The summed E-state index contributed by atoms with van der Waals surface area (Å²) in [6.45, 7) is 0. The Hall–Kier alpha value is -5.40. The van der Waals surface area contributed by atoms with Crippen molar-refractivity contribution in [2.24, 2.45) is 18.1 Å². The zero-order valence-electron chi connectivity index (χ0n) is 24.6. The third-order valence-corrected chi connectivity index (χ3v) is 21.1. The van der Waals surface area contributed by atoms with E-state index in [9.17, 15) is 0 Å². The second-order valence-electron chi connectivity index (χ2n) is 9.92. The molecule has 0 aromatic carbocycles. The Bertz CT molecular complexity index is 1940. The van der Waals surface area contributed by atoms with E-state index in [1.54, 1.807) is 85.2 Å².